The SMILES string of the molecule is CCN(CC)C(CNC(=O)CCc1ccc(C)cc1)c1cccc(OC)c1. The third kappa shape index (κ3) is 6.40. The normalized spacial score (nSPS) is 12.0. The highest BCUT2D eigenvalue weighted by Crippen LogP contribution is 2.23. The predicted molar refractivity (Wildman–Crippen MR) is 111 cm³/mol. The summed E-state index contributed by atoms with van der Waals surface area (Å²) in [6, 6.07) is 16.6. The molecule has 0 heterocycles. The molecule has 0 saturated heterocycles. The molecule has 2 aromatic carbocycles. The summed E-state index contributed by atoms with van der Waals surface area (Å²) in [6.45, 7) is 8.82. The van der Waals surface area contributed by atoms with E-state index in [1.165, 1.54) is 11.1 Å². The van der Waals surface area contributed by atoms with Crippen LogP contribution in [-0.2, 0) is 11.2 Å². The molecule has 4 heteroatoms. The Morgan fingerprint density at radius 2 is 1.81 bits per heavy atom. The summed E-state index contributed by atoms with van der Waals surface area (Å²) in [5.41, 5.74) is 3.60. The first-order chi connectivity index (χ1) is 13.1. The Hall–Kier alpha value is -2.33. The second kappa shape index (κ2) is 10.7. The minimum absolute atomic E-state index is 0.0932. The fourth-order valence-corrected chi connectivity index (χ4v) is 3.28. The van der Waals surface area contributed by atoms with Crippen LogP contribution in [0.25, 0.3) is 0 Å². The molecular formula is C23H32N2O2. The molecular weight excluding hydrogens is 336 g/mol. The van der Waals surface area contributed by atoms with E-state index in [2.05, 4.69) is 67.4 Å². The zero-order valence-electron chi connectivity index (χ0n) is 17.0. The van der Waals surface area contributed by atoms with Crippen LogP contribution in [0.5, 0.6) is 5.75 Å². The van der Waals surface area contributed by atoms with E-state index in [1.807, 2.05) is 12.1 Å². The van der Waals surface area contributed by atoms with Gasteiger partial charge >= 0.3 is 0 Å². The molecule has 0 bridgehead atoms. The monoisotopic (exact) mass is 368 g/mol. The van der Waals surface area contributed by atoms with Crippen LogP contribution in [0, 0.1) is 6.92 Å². The molecule has 2 rings (SSSR count). The van der Waals surface area contributed by atoms with Crippen molar-refractivity contribution in [3.05, 3.63) is 65.2 Å². The van der Waals surface area contributed by atoms with Crippen LogP contribution in [-0.4, -0.2) is 37.6 Å². The summed E-state index contributed by atoms with van der Waals surface area (Å²) in [5, 5.41) is 3.13. The standard InChI is InChI=1S/C23H32N2O2/c1-5-25(6-2)22(20-8-7-9-21(16-20)27-4)17-24-23(26)15-14-19-12-10-18(3)11-13-19/h7-13,16,22H,5-6,14-15,17H2,1-4H3,(H,24,26). The molecule has 1 atom stereocenters. The number of likely N-dealkylation sites (N-methyl/N-ethyl adjacent to an activating group) is 1. The second-order valence-electron chi connectivity index (χ2n) is 6.80. The highest BCUT2D eigenvalue weighted by Gasteiger charge is 2.19. The van der Waals surface area contributed by atoms with E-state index in [4.69, 9.17) is 4.74 Å². The van der Waals surface area contributed by atoms with Crippen LogP contribution in [0.15, 0.2) is 48.5 Å². The van der Waals surface area contributed by atoms with Gasteiger partial charge in [-0.2, -0.15) is 0 Å². The first-order valence-electron chi connectivity index (χ1n) is 9.77. The van der Waals surface area contributed by atoms with Crippen molar-refractivity contribution in [1.29, 1.82) is 0 Å². The van der Waals surface area contributed by atoms with Crippen molar-refractivity contribution in [2.45, 2.75) is 39.7 Å². The molecule has 1 amide bonds. The summed E-state index contributed by atoms with van der Waals surface area (Å²) < 4.78 is 5.37. The van der Waals surface area contributed by atoms with Gasteiger partial charge in [-0.15, -0.1) is 0 Å². The molecule has 1 unspecified atom stereocenters. The fourth-order valence-electron chi connectivity index (χ4n) is 3.28. The molecule has 0 aliphatic rings. The second-order valence-corrected chi connectivity index (χ2v) is 6.80. The van der Waals surface area contributed by atoms with E-state index < -0.39 is 0 Å². The first kappa shape index (κ1) is 21.0. The van der Waals surface area contributed by atoms with Crippen LogP contribution in [0.1, 0.15) is 43.0 Å². The van der Waals surface area contributed by atoms with Gasteiger partial charge in [-0.05, 0) is 49.7 Å². The van der Waals surface area contributed by atoms with E-state index in [1.54, 1.807) is 7.11 Å². The van der Waals surface area contributed by atoms with Gasteiger partial charge in [0.1, 0.15) is 5.75 Å². The Labute approximate surface area is 163 Å². The molecule has 1 N–H and O–H groups in total. The fraction of sp³-hybridized carbons (Fsp3) is 0.435. The molecule has 0 fully saturated rings. The number of nitrogens with zero attached hydrogens (tertiary/aromatic N) is 1. The number of carbonyl (C=O) groups excluding carboxylic acids is 1. The van der Waals surface area contributed by atoms with Gasteiger partial charge in [-0.3, -0.25) is 9.69 Å². The molecule has 4 nitrogen and oxygen atoms in total. The summed E-state index contributed by atoms with van der Waals surface area (Å²) in [6.07, 6.45) is 1.27. The zero-order valence-corrected chi connectivity index (χ0v) is 17.0. The largest absolute Gasteiger partial charge is 0.497 e. The molecule has 27 heavy (non-hydrogen) atoms. The predicted octanol–water partition coefficient (Wildman–Crippen LogP) is 4.14. The van der Waals surface area contributed by atoms with E-state index in [9.17, 15) is 4.79 Å². The maximum atomic E-state index is 12.4. The van der Waals surface area contributed by atoms with E-state index in [-0.39, 0.29) is 11.9 Å². The number of aryl methyl sites for hydroxylation is 2. The number of ether oxygens (including phenoxy) is 1. The first-order valence-corrected chi connectivity index (χ1v) is 9.77. The lowest BCUT2D eigenvalue weighted by molar-refractivity contribution is -0.121. The summed E-state index contributed by atoms with van der Waals surface area (Å²) in [7, 11) is 1.68. The lowest BCUT2D eigenvalue weighted by Gasteiger charge is -2.30. The molecule has 0 aliphatic heterocycles. The van der Waals surface area contributed by atoms with Crippen LogP contribution in [0.2, 0.25) is 0 Å². The van der Waals surface area contributed by atoms with Gasteiger partial charge in [0.05, 0.1) is 13.2 Å². The van der Waals surface area contributed by atoms with Gasteiger partial charge in [0.15, 0.2) is 0 Å². The van der Waals surface area contributed by atoms with Gasteiger partial charge in [-0.1, -0.05) is 55.8 Å². The number of rotatable bonds is 10. The third-order valence-electron chi connectivity index (χ3n) is 4.99. The average Bonchev–Trinajstić information content (AvgIpc) is 2.70. The number of hydrogen-bond acceptors (Lipinski definition) is 3. The Kier molecular flexibility index (Phi) is 8.34. The van der Waals surface area contributed by atoms with Crippen molar-refractivity contribution >= 4 is 5.91 Å². The minimum atomic E-state index is 0.0932. The lowest BCUT2D eigenvalue weighted by Crippen LogP contribution is -2.38. The zero-order chi connectivity index (χ0) is 19.6. The highest BCUT2D eigenvalue weighted by molar-refractivity contribution is 5.76. The van der Waals surface area contributed by atoms with Gasteiger partial charge in [0.2, 0.25) is 5.91 Å². The average molecular weight is 369 g/mol. The van der Waals surface area contributed by atoms with E-state index in [0.717, 1.165) is 30.8 Å². The summed E-state index contributed by atoms with van der Waals surface area (Å²) in [5.74, 6) is 0.936. The molecule has 0 aromatic heterocycles. The van der Waals surface area contributed by atoms with Crippen LogP contribution >= 0.6 is 0 Å². The molecule has 0 radical (unpaired) electrons. The topological polar surface area (TPSA) is 41.6 Å². The Bertz CT molecular complexity index is 709. The summed E-state index contributed by atoms with van der Waals surface area (Å²) in [4.78, 5) is 14.7. The lowest BCUT2D eigenvalue weighted by atomic mass is 10.0. The highest BCUT2D eigenvalue weighted by atomic mass is 16.5. The molecule has 0 saturated carbocycles. The van der Waals surface area contributed by atoms with Crippen LogP contribution in [0.4, 0.5) is 0 Å². The van der Waals surface area contributed by atoms with Crippen molar-refractivity contribution in [2.24, 2.45) is 0 Å². The maximum Gasteiger partial charge on any atom is 0.220 e. The summed E-state index contributed by atoms with van der Waals surface area (Å²) >= 11 is 0. The molecule has 2 aromatic rings. The van der Waals surface area contributed by atoms with Gasteiger partial charge in [0, 0.05) is 13.0 Å². The van der Waals surface area contributed by atoms with Crippen LogP contribution in [0.3, 0.4) is 0 Å². The number of benzene rings is 2. The number of methoxy groups -OCH3 is 1. The maximum absolute atomic E-state index is 12.4. The third-order valence-corrected chi connectivity index (χ3v) is 4.99. The minimum Gasteiger partial charge on any atom is -0.497 e. The van der Waals surface area contributed by atoms with Crippen LogP contribution < -0.4 is 10.1 Å². The number of amides is 1. The Morgan fingerprint density at radius 1 is 1.11 bits per heavy atom. The van der Waals surface area contributed by atoms with Crippen molar-refractivity contribution in [1.82, 2.24) is 10.2 Å². The smallest absolute Gasteiger partial charge is 0.220 e. The Balaban J connectivity index is 1.97. The van der Waals surface area contributed by atoms with Crippen molar-refractivity contribution in [2.75, 3.05) is 26.7 Å². The van der Waals surface area contributed by atoms with Gasteiger partial charge < -0.3 is 10.1 Å². The number of nitrogens with one attached hydrogen (secondary N) is 1. The molecule has 0 spiro atoms. The van der Waals surface area contributed by atoms with Crippen molar-refractivity contribution in [3.8, 4) is 5.75 Å². The quantitative estimate of drug-likeness (QED) is 0.685. The van der Waals surface area contributed by atoms with Crippen molar-refractivity contribution in [3.63, 3.8) is 0 Å². The number of hydrogen-bond donors (Lipinski definition) is 1. The van der Waals surface area contributed by atoms with Gasteiger partial charge in [0.25, 0.3) is 0 Å². The Morgan fingerprint density at radius 3 is 2.44 bits per heavy atom. The van der Waals surface area contributed by atoms with Gasteiger partial charge in [-0.25, -0.2) is 0 Å². The van der Waals surface area contributed by atoms with Crippen molar-refractivity contribution < 1.29 is 9.53 Å². The van der Waals surface area contributed by atoms with E-state index >= 15 is 0 Å². The molecule has 0 aliphatic carbocycles. The number of carbonyl (C=O) groups is 1. The molecule has 146 valence electrons. The van der Waals surface area contributed by atoms with E-state index in [0.29, 0.717) is 13.0 Å².